The van der Waals surface area contributed by atoms with Crippen molar-refractivity contribution in [2.75, 3.05) is 0 Å². The predicted octanol–water partition coefficient (Wildman–Crippen LogP) is 5.03. The summed E-state index contributed by atoms with van der Waals surface area (Å²) in [6, 6.07) is 0. The van der Waals surface area contributed by atoms with Crippen molar-refractivity contribution in [2.45, 2.75) is 5.54 Å². The smallest absolute Gasteiger partial charge is 0.200 e. The molecule has 0 aliphatic heterocycles. The van der Waals surface area contributed by atoms with Gasteiger partial charge in [0.25, 0.3) is 0 Å². The van der Waals surface area contributed by atoms with E-state index in [0.29, 0.717) is 0 Å². The van der Waals surface area contributed by atoms with E-state index in [9.17, 15) is 43.9 Å². The summed E-state index contributed by atoms with van der Waals surface area (Å²) >= 11 is 5.30. The van der Waals surface area contributed by atoms with Crippen molar-refractivity contribution in [2.24, 2.45) is 0 Å². The number of rotatable bonds is 3. The minimum absolute atomic E-state index is 1.53. The highest BCUT2D eigenvalue weighted by atomic mass is 35.6. The van der Waals surface area contributed by atoms with Gasteiger partial charge in [0, 0.05) is 16.7 Å². The molecule has 0 spiro atoms. The van der Waals surface area contributed by atoms with Crippen molar-refractivity contribution in [1.29, 1.82) is 0 Å². The van der Waals surface area contributed by atoms with Crippen LogP contribution in [0.3, 0.4) is 0 Å². The van der Waals surface area contributed by atoms with Crippen LogP contribution in [0.4, 0.5) is 43.9 Å². The van der Waals surface area contributed by atoms with Gasteiger partial charge in [0.2, 0.25) is 11.6 Å². The molecule has 0 saturated carbocycles. The molecule has 0 N–H and O–H groups in total. The normalized spacial score (nSPS) is 11.5. The summed E-state index contributed by atoms with van der Waals surface area (Å²) in [6.45, 7) is 0. The molecule has 25 heavy (non-hydrogen) atoms. The molecule has 2 aromatic rings. The van der Waals surface area contributed by atoms with Crippen LogP contribution in [-0.2, 0) is 0 Å². The summed E-state index contributed by atoms with van der Waals surface area (Å²) in [4.78, 5) is 0. The molecule has 0 nitrogen and oxygen atoms in total. The number of benzene rings is 2. The largest absolute Gasteiger partial charge is 0.203 e. The molecular weight excluding hydrogens is 410 g/mol. The second kappa shape index (κ2) is 6.87. The third kappa shape index (κ3) is 2.88. The summed E-state index contributed by atoms with van der Waals surface area (Å²) in [6.07, 6.45) is 0. The van der Waals surface area contributed by atoms with Crippen LogP contribution >= 0.6 is 11.1 Å². The predicted molar refractivity (Wildman–Crippen MR) is 65.9 cm³/mol. The first-order valence-electron chi connectivity index (χ1n) is 5.94. The van der Waals surface area contributed by atoms with Crippen molar-refractivity contribution in [3.05, 3.63) is 69.3 Å². The van der Waals surface area contributed by atoms with E-state index in [1.807, 2.05) is 0 Å². The molecule has 0 aliphatic rings. The topological polar surface area (TPSA) is 0 Å². The van der Waals surface area contributed by atoms with E-state index in [1.165, 1.54) is 0 Å². The first kappa shape index (κ1) is 19.6. The summed E-state index contributed by atoms with van der Waals surface area (Å²) in [5, 5.41) is 0. The van der Waals surface area contributed by atoms with Gasteiger partial charge in [0.15, 0.2) is 55.4 Å². The average molecular weight is 411 g/mol. The zero-order chi connectivity index (χ0) is 19.2. The van der Waals surface area contributed by atoms with Crippen LogP contribution in [0.15, 0.2) is 0 Å². The van der Waals surface area contributed by atoms with Gasteiger partial charge in [-0.05, 0) is 0 Å². The Bertz CT molecular complexity index is 741. The maximum atomic E-state index is 13.8. The summed E-state index contributed by atoms with van der Waals surface area (Å²) in [5.74, 6) is -25.0. The van der Waals surface area contributed by atoms with E-state index >= 15 is 0 Å². The average Bonchev–Trinajstić information content (AvgIpc) is 2.60. The molecule has 0 saturated heterocycles. The fourth-order valence-corrected chi connectivity index (χ4v) is 3.38. The van der Waals surface area contributed by atoms with Gasteiger partial charge in [-0.1, -0.05) is 0 Å². The Kier molecular flexibility index (Phi) is 5.37. The number of hydrogen-bond acceptors (Lipinski definition) is 0. The molecule has 134 valence electrons. The zero-order valence-electron chi connectivity index (χ0n) is 11.2. The van der Waals surface area contributed by atoms with Crippen LogP contribution in [0.1, 0.15) is 16.7 Å². The summed E-state index contributed by atoms with van der Waals surface area (Å²) in [5.41, 5.74) is -6.14. The van der Waals surface area contributed by atoms with Gasteiger partial charge < -0.3 is 0 Å². The molecular formula is C13HClF10Si. The van der Waals surface area contributed by atoms with Crippen molar-refractivity contribution in [1.82, 2.24) is 0 Å². The molecule has 0 bridgehead atoms. The lowest BCUT2D eigenvalue weighted by Crippen LogP contribution is -2.20. The van der Waals surface area contributed by atoms with E-state index in [1.54, 1.807) is 0 Å². The fraction of sp³-hybridized carbons (Fsp3) is 0.0769. The Labute approximate surface area is 139 Å². The first-order valence-corrected chi connectivity index (χ1v) is 8.03. The molecule has 2 rings (SSSR count). The molecule has 2 aromatic carbocycles. The molecule has 0 aromatic heterocycles. The third-order valence-electron chi connectivity index (χ3n) is 3.17. The molecule has 0 heterocycles. The van der Waals surface area contributed by atoms with Crippen LogP contribution in [0, 0.1) is 58.2 Å². The lowest BCUT2D eigenvalue weighted by molar-refractivity contribution is 0.361. The van der Waals surface area contributed by atoms with Gasteiger partial charge in [0.05, 0.1) is 0 Å². The number of hydrogen-bond donors (Lipinski definition) is 0. The second-order valence-corrected chi connectivity index (χ2v) is 5.96. The Morgan fingerprint density at radius 1 is 0.440 bits per heavy atom. The Balaban J connectivity index is 2.90. The van der Waals surface area contributed by atoms with Crippen LogP contribution in [0.2, 0.25) is 0 Å². The van der Waals surface area contributed by atoms with Gasteiger partial charge in [-0.3, -0.25) is 0 Å². The van der Waals surface area contributed by atoms with E-state index < -0.39 is 83.7 Å². The highest BCUT2D eigenvalue weighted by Gasteiger charge is 2.37. The second-order valence-electron chi connectivity index (χ2n) is 4.51. The quantitative estimate of drug-likeness (QED) is 0.219. The first-order chi connectivity index (χ1) is 11.6. The maximum absolute atomic E-state index is 13.8. The van der Waals surface area contributed by atoms with Crippen LogP contribution in [0.5, 0.6) is 0 Å². The Hall–Kier alpha value is -1.75. The molecule has 0 unspecified atom stereocenters. The van der Waals surface area contributed by atoms with Crippen molar-refractivity contribution in [3.8, 4) is 0 Å². The van der Waals surface area contributed by atoms with Crippen molar-refractivity contribution in [3.63, 3.8) is 0 Å². The van der Waals surface area contributed by atoms with Crippen LogP contribution in [0.25, 0.3) is 0 Å². The van der Waals surface area contributed by atoms with Crippen LogP contribution < -0.4 is 0 Å². The molecule has 0 fully saturated rings. The highest BCUT2D eigenvalue weighted by molar-refractivity contribution is 6.94. The van der Waals surface area contributed by atoms with E-state index in [0.717, 1.165) is 0 Å². The third-order valence-corrected chi connectivity index (χ3v) is 4.62. The lowest BCUT2D eigenvalue weighted by Gasteiger charge is -2.19. The molecule has 0 aliphatic carbocycles. The van der Waals surface area contributed by atoms with Gasteiger partial charge >= 0.3 is 0 Å². The maximum Gasteiger partial charge on any atom is 0.200 e. The highest BCUT2D eigenvalue weighted by Crippen LogP contribution is 2.37. The van der Waals surface area contributed by atoms with Gasteiger partial charge in [-0.2, -0.15) is 11.1 Å². The molecule has 2 radical (unpaired) electrons. The minimum atomic E-state index is -2.56. The van der Waals surface area contributed by atoms with Crippen LogP contribution in [-0.4, -0.2) is 8.83 Å². The Morgan fingerprint density at radius 3 is 0.840 bits per heavy atom. The Morgan fingerprint density at radius 2 is 0.640 bits per heavy atom. The molecule has 0 atom stereocenters. The van der Waals surface area contributed by atoms with E-state index in [2.05, 4.69) is 0 Å². The molecule has 0 amide bonds. The van der Waals surface area contributed by atoms with Gasteiger partial charge in [0.1, 0.15) is 0 Å². The standard InChI is InChI=1S/C13HClF10Si/c14-25-13(1-3(15)7(19)11(23)8(20)4(1)16)2-5(17)9(21)12(24)10(22)6(2)18/h13H. The zero-order valence-corrected chi connectivity index (χ0v) is 13.0. The van der Waals surface area contributed by atoms with E-state index in [-0.39, 0.29) is 0 Å². The monoisotopic (exact) mass is 410 g/mol. The summed E-state index contributed by atoms with van der Waals surface area (Å²) in [7, 11) is -1.53. The van der Waals surface area contributed by atoms with Crippen molar-refractivity contribution >= 4 is 19.9 Å². The van der Waals surface area contributed by atoms with Crippen molar-refractivity contribution < 1.29 is 43.9 Å². The SMILES string of the molecule is Fc1c(F)c(F)c(C([Si]Cl)c2c(F)c(F)c(F)c(F)c2F)c(F)c1F. The molecule has 12 heteroatoms. The fourth-order valence-electron chi connectivity index (χ4n) is 2.00. The minimum Gasteiger partial charge on any atom is -0.203 e. The summed E-state index contributed by atoms with van der Waals surface area (Å²) < 4.78 is 134. The van der Waals surface area contributed by atoms with Gasteiger partial charge in [-0.25, -0.2) is 43.9 Å². The van der Waals surface area contributed by atoms with E-state index in [4.69, 9.17) is 11.1 Å². The van der Waals surface area contributed by atoms with Gasteiger partial charge in [-0.15, -0.1) is 0 Å². The lowest BCUT2D eigenvalue weighted by atomic mass is 10.00. The number of halogens is 11.